The fourth-order valence-electron chi connectivity index (χ4n) is 1.52. The lowest BCUT2D eigenvalue weighted by Crippen LogP contribution is -2.23. The Morgan fingerprint density at radius 3 is 2.09 bits per heavy atom. The highest BCUT2D eigenvalue weighted by Crippen LogP contribution is 2.24. The molecule has 0 rings (SSSR count). The molecule has 68 valence electrons. The highest BCUT2D eigenvalue weighted by molar-refractivity contribution is 7.99. The second-order valence-electron chi connectivity index (χ2n) is 3.38. The molecule has 2 atom stereocenters. The van der Waals surface area contributed by atoms with Gasteiger partial charge in [0.2, 0.25) is 0 Å². The largest absolute Gasteiger partial charge is 0.384 e. The molecule has 0 aromatic rings. The van der Waals surface area contributed by atoms with Crippen LogP contribution in [0, 0.1) is 11.8 Å². The number of thioether (sulfide) groups is 1. The minimum atomic E-state index is 0.662. The molecular formula is C9H20OS. The molecule has 0 spiro atoms. The Labute approximate surface area is 74.9 Å². The van der Waals surface area contributed by atoms with E-state index in [1.807, 2.05) is 11.8 Å². The summed E-state index contributed by atoms with van der Waals surface area (Å²) >= 11 is 1.95. The summed E-state index contributed by atoms with van der Waals surface area (Å²) in [6.45, 7) is 7.68. The van der Waals surface area contributed by atoms with Crippen LogP contribution in [0.5, 0.6) is 0 Å². The molecule has 0 aromatic carbocycles. The van der Waals surface area contributed by atoms with Crippen LogP contribution in [0.1, 0.15) is 20.8 Å². The summed E-state index contributed by atoms with van der Waals surface area (Å²) in [6, 6.07) is 0. The second kappa shape index (κ2) is 5.90. The number of methoxy groups -OCH3 is 1. The summed E-state index contributed by atoms with van der Waals surface area (Å²) in [5.41, 5.74) is 0. The van der Waals surface area contributed by atoms with Gasteiger partial charge in [0.05, 0.1) is 0 Å². The van der Waals surface area contributed by atoms with Gasteiger partial charge in [-0.25, -0.2) is 0 Å². The standard InChI is InChI=1S/C9H20OS/c1-7(2)9(11-5)8(3)6-10-4/h7-9H,6H2,1-5H3. The van der Waals surface area contributed by atoms with Crippen molar-refractivity contribution in [3.05, 3.63) is 0 Å². The smallest absolute Gasteiger partial charge is 0.0498 e. The lowest BCUT2D eigenvalue weighted by atomic mass is 9.99. The van der Waals surface area contributed by atoms with Crippen molar-refractivity contribution in [1.82, 2.24) is 0 Å². The fourth-order valence-corrected chi connectivity index (χ4v) is 2.61. The van der Waals surface area contributed by atoms with Crippen molar-refractivity contribution in [2.45, 2.75) is 26.0 Å². The Morgan fingerprint density at radius 2 is 1.82 bits per heavy atom. The Kier molecular flexibility index (Phi) is 6.06. The first-order valence-corrected chi connectivity index (χ1v) is 5.44. The van der Waals surface area contributed by atoms with E-state index in [0.29, 0.717) is 5.92 Å². The van der Waals surface area contributed by atoms with E-state index in [1.165, 1.54) is 0 Å². The van der Waals surface area contributed by atoms with Crippen molar-refractivity contribution in [2.24, 2.45) is 11.8 Å². The molecule has 0 aliphatic heterocycles. The monoisotopic (exact) mass is 176 g/mol. The van der Waals surface area contributed by atoms with Crippen LogP contribution in [0.2, 0.25) is 0 Å². The van der Waals surface area contributed by atoms with E-state index >= 15 is 0 Å². The van der Waals surface area contributed by atoms with Gasteiger partial charge in [-0.1, -0.05) is 20.8 Å². The van der Waals surface area contributed by atoms with E-state index in [0.717, 1.165) is 17.8 Å². The molecular weight excluding hydrogens is 156 g/mol. The molecule has 0 aliphatic rings. The molecule has 0 N–H and O–H groups in total. The average Bonchev–Trinajstić information content (AvgIpc) is 1.88. The quantitative estimate of drug-likeness (QED) is 0.637. The summed E-state index contributed by atoms with van der Waals surface area (Å²) in [6.07, 6.45) is 2.18. The normalized spacial score (nSPS) is 16.9. The SMILES string of the molecule is COCC(C)C(SC)C(C)C. The third-order valence-electron chi connectivity index (χ3n) is 1.92. The second-order valence-corrected chi connectivity index (χ2v) is 4.39. The molecule has 0 amide bonds. The third kappa shape index (κ3) is 4.02. The molecule has 0 aromatic heterocycles. The van der Waals surface area contributed by atoms with Gasteiger partial charge in [0.15, 0.2) is 0 Å². The van der Waals surface area contributed by atoms with E-state index < -0.39 is 0 Å². The lowest BCUT2D eigenvalue weighted by Gasteiger charge is -2.24. The van der Waals surface area contributed by atoms with E-state index in [9.17, 15) is 0 Å². The first-order chi connectivity index (χ1) is 5.13. The minimum Gasteiger partial charge on any atom is -0.384 e. The van der Waals surface area contributed by atoms with Crippen LogP contribution >= 0.6 is 11.8 Å². The van der Waals surface area contributed by atoms with Gasteiger partial charge in [-0.05, 0) is 18.1 Å². The van der Waals surface area contributed by atoms with Crippen molar-refractivity contribution in [2.75, 3.05) is 20.0 Å². The zero-order valence-electron chi connectivity index (χ0n) is 8.26. The van der Waals surface area contributed by atoms with Gasteiger partial charge in [0.1, 0.15) is 0 Å². The summed E-state index contributed by atoms with van der Waals surface area (Å²) in [7, 11) is 1.77. The van der Waals surface area contributed by atoms with Crippen molar-refractivity contribution in [1.29, 1.82) is 0 Å². The van der Waals surface area contributed by atoms with Crippen LogP contribution in [0.15, 0.2) is 0 Å². The summed E-state index contributed by atoms with van der Waals surface area (Å²) in [5, 5.41) is 0.731. The van der Waals surface area contributed by atoms with Gasteiger partial charge in [0.25, 0.3) is 0 Å². The molecule has 0 fully saturated rings. The zero-order valence-corrected chi connectivity index (χ0v) is 9.07. The predicted molar refractivity (Wildman–Crippen MR) is 53.2 cm³/mol. The van der Waals surface area contributed by atoms with Gasteiger partial charge in [-0.15, -0.1) is 0 Å². The van der Waals surface area contributed by atoms with E-state index in [4.69, 9.17) is 4.74 Å². The summed E-state index contributed by atoms with van der Waals surface area (Å²) in [5.74, 6) is 1.41. The van der Waals surface area contributed by atoms with Crippen LogP contribution in [0.4, 0.5) is 0 Å². The Bertz CT molecular complexity index is 93.6. The van der Waals surface area contributed by atoms with Crippen LogP contribution < -0.4 is 0 Å². The number of hydrogen-bond donors (Lipinski definition) is 0. The van der Waals surface area contributed by atoms with Crippen molar-refractivity contribution >= 4 is 11.8 Å². The third-order valence-corrected chi connectivity index (χ3v) is 3.47. The first kappa shape index (κ1) is 11.3. The van der Waals surface area contributed by atoms with Crippen LogP contribution in [0.3, 0.4) is 0 Å². The first-order valence-electron chi connectivity index (χ1n) is 4.15. The maximum atomic E-state index is 5.12. The summed E-state index contributed by atoms with van der Waals surface area (Å²) < 4.78 is 5.12. The highest BCUT2D eigenvalue weighted by Gasteiger charge is 2.18. The van der Waals surface area contributed by atoms with Gasteiger partial charge >= 0.3 is 0 Å². The Hall–Kier alpha value is 0.310. The van der Waals surface area contributed by atoms with Gasteiger partial charge in [-0.3, -0.25) is 0 Å². The predicted octanol–water partition coefficient (Wildman–Crippen LogP) is 2.66. The van der Waals surface area contributed by atoms with Crippen LogP contribution in [-0.2, 0) is 4.74 Å². The molecule has 0 saturated heterocycles. The molecule has 0 heterocycles. The zero-order chi connectivity index (χ0) is 8.85. The lowest BCUT2D eigenvalue weighted by molar-refractivity contribution is 0.152. The molecule has 2 heteroatoms. The van der Waals surface area contributed by atoms with Crippen molar-refractivity contribution in [3.63, 3.8) is 0 Å². The van der Waals surface area contributed by atoms with E-state index in [1.54, 1.807) is 7.11 Å². The van der Waals surface area contributed by atoms with E-state index in [-0.39, 0.29) is 0 Å². The molecule has 0 aliphatic carbocycles. The number of hydrogen-bond acceptors (Lipinski definition) is 2. The van der Waals surface area contributed by atoms with Gasteiger partial charge in [-0.2, -0.15) is 11.8 Å². The molecule has 1 nitrogen and oxygen atoms in total. The average molecular weight is 176 g/mol. The maximum absolute atomic E-state index is 5.12. The minimum absolute atomic E-state index is 0.662. The fraction of sp³-hybridized carbons (Fsp3) is 1.00. The summed E-state index contributed by atoms with van der Waals surface area (Å²) in [4.78, 5) is 0. The van der Waals surface area contributed by atoms with Gasteiger partial charge < -0.3 is 4.74 Å². The Morgan fingerprint density at radius 1 is 1.27 bits per heavy atom. The molecule has 0 radical (unpaired) electrons. The molecule has 0 saturated carbocycles. The number of rotatable bonds is 5. The highest BCUT2D eigenvalue weighted by atomic mass is 32.2. The van der Waals surface area contributed by atoms with Crippen molar-refractivity contribution in [3.8, 4) is 0 Å². The van der Waals surface area contributed by atoms with Crippen LogP contribution in [-0.4, -0.2) is 25.2 Å². The maximum Gasteiger partial charge on any atom is 0.0498 e. The van der Waals surface area contributed by atoms with E-state index in [2.05, 4.69) is 27.0 Å². The van der Waals surface area contributed by atoms with Crippen LogP contribution in [0.25, 0.3) is 0 Å². The van der Waals surface area contributed by atoms with Crippen molar-refractivity contribution < 1.29 is 4.74 Å². The number of ether oxygens (including phenoxy) is 1. The topological polar surface area (TPSA) is 9.23 Å². The molecule has 0 bridgehead atoms. The Balaban J connectivity index is 3.81. The molecule has 2 unspecified atom stereocenters. The molecule has 11 heavy (non-hydrogen) atoms. The van der Waals surface area contributed by atoms with Gasteiger partial charge in [0, 0.05) is 19.0 Å².